The fourth-order valence-corrected chi connectivity index (χ4v) is 4.28. The molecule has 2 aliphatic heterocycles. The molecule has 0 aromatic heterocycles. The van der Waals surface area contributed by atoms with Gasteiger partial charge >= 0.3 is 6.03 Å². The molecular formula is C25H31N3O2. The molecule has 2 aromatic rings. The Bertz CT molecular complexity index is 931. The summed E-state index contributed by atoms with van der Waals surface area (Å²) in [5.74, 6) is 0.199. The zero-order chi connectivity index (χ0) is 21.4. The second-order valence-corrected chi connectivity index (χ2v) is 9.59. The number of amides is 2. The van der Waals surface area contributed by atoms with Crippen molar-refractivity contribution in [2.24, 2.45) is 11.1 Å². The van der Waals surface area contributed by atoms with E-state index in [0.717, 1.165) is 29.8 Å². The van der Waals surface area contributed by atoms with Gasteiger partial charge in [0.15, 0.2) is 0 Å². The molecule has 1 saturated heterocycles. The number of piperidine rings is 1. The standard InChI is InChI=1S/C25H31N3O2/c1-18-17-28(23(29)26-21-12-10-20(11-13-21)24(2,3)4)15-14-25(18)16-22(27-30-25)19-8-6-5-7-9-19/h5-13,18H,14-17H2,1-4H3,(H,26,29). The van der Waals surface area contributed by atoms with E-state index in [1.54, 1.807) is 0 Å². The van der Waals surface area contributed by atoms with Crippen molar-refractivity contribution in [3.05, 3.63) is 65.7 Å². The van der Waals surface area contributed by atoms with E-state index < -0.39 is 0 Å². The molecule has 2 aliphatic rings. The monoisotopic (exact) mass is 405 g/mol. The number of benzene rings is 2. The SMILES string of the molecule is CC1CN(C(=O)Nc2ccc(C(C)(C)C)cc2)CCC12CC(c1ccccc1)=NO2. The number of oxime groups is 1. The minimum Gasteiger partial charge on any atom is -0.388 e. The van der Waals surface area contributed by atoms with Crippen molar-refractivity contribution in [1.29, 1.82) is 0 Å². The van der Waals surface area contributed by atoms with Gasteiger partial charge in [0.25, 0.3) is 0 Å². The fraction of sp³-hybridized carbons (Fsp3) is 0.440. The van der Waals surface area contributed by atoms with Gasteiger partial charge in [-0.2, -0.15) is 0 Å². The third-order valence-corrected chi connectivity index (χ3v) is 6.40. The average molecular weight is 406 g/mol. The van der Waals surface area contributed by atoms with E-state index in [1.807, 2.05) is 35.2 Å². The predicted octanol–water partition coefficient (Wildman–Crippen LogP) is 5.42. The zero-order valence-corrected chi connectivity index (χ0v) is 18.3. The first-order chi connectivity index (χ1) is 14.3. The van der Waals surface area contributed by atoms with Crippen molar-refractivity contribution in [3.8, 4) is 0 Å². The number of carbonyl (C=O) groups is 1. The quantitative estimate of drug-likeness (QED) is 0.725. The van der Waals surface area contributed by atoms with Crippen molar-refractivity contribution in [3.63, 3.8) is 0 Å². The molecule has 2 aromatic carbocycles. The summed E-state index contributed by atoms with van der Waals surface area (Å²) in [5, 5.41) is 7.44. The van der Waals surface area contributed by atoms with E-state index >= 15 is 0 Å². The summed E-state index contributed by atoms with van der Waals surface area (Å²) in [7, 11) is 0. The molecule has 1 N–H and O–H groups in total. The van der Waals surface area contributed by atoms with Crippen LogP contribution in [0.1, 0.15) is 51.7 Å². The third-order valence-electron chi connectivity index (χ3n) is 6.40. The van der Waals surface area contributed by atoms with Crippen molar-refractivity contribution < 1.29 is 9.63 Å². The highest BCUT2D eigenvalue weighted by Gasteiger charge is 2.48. The average Bonchev–Trinajstić information content (AvgIpc) is 3.16. The van der Waals surface area contributed by atoms with E-state index in [2.05, 4.69) is 62.4 Å². The Balaban J connectivity index is 1.36. The number of urea groups is 1. The first-order valence-electron chi connectivity index (χ1n) is 10.7. The lowest BCUT2D eigenvalue weighted by atomic mass is 9.78. The van der Waals surface area contributed by atoms with Crippen LogP contribution in [0.2, 0.25) is 0 Å². The largest absolute Gasteiger partial charge is 0.388 e. The molecule has 2 heterocycles. The van der Waals surface area contributed by atoms with Crippen LogP contribution in [0.3, 0.4) is 0 Å². The van der Waals surface area contributed by atoms with Crippen LogP contribution in [0.25, 0.3) is 0 Å². The molecule has 1 spiro atoms. The lowest BCUT2D eigenvalue weighted by Gasteiger charge is -2.42. The van der Waals surface area contributed by atoms with Crippen molar-refractivity contribution in [2.45, 2.75) is 51.6 Å². The third kappa shape index (κ3) is 4.07. The van der Waals surface area contributed by atoms with Crippen LogP contribution in [0, 0.1) is 5.92 Å². The number of nitrogens with one attached hydrogen (secondary N) is 1. The normalized spacial score (nSPS) is 23.8. The summed E-state index contributed by atoms with van der Waals surface area (Å²) < 4.78 is 0. The Morgan fingerprint density at radius 2 is 1.83 bits per heavy atom. The molecule has 0 radical (unpaired) electrons. The molecule has 30 heavy (non-hydrogen) atoms. The van der Waals surface area contributed by atoms with Gasteiger partial charge < -0.3 is 15.1 Å². The van der Waals surface area contributed by atoms with Gasteiger partial charge in [-0.15, -0.1) is 0 Å². The van der Waals surface area contributed by atoms with Gasteiger partial charge in [0, 0.05) is 37.5 Å². The molecule has 2 amide bonds. The summed E-state index contributed by atoms with van der Waals surface area (Å²) in [5.41, 5.74) is 3.98. The molecular weight excluding hydrogens is 374 g/mol. The summed E-state index contributed by atoms with van der Waals surface area (Å²) in [6.07, 6.45) is 1.58. The van der Waals surface area contributed by atoms with E-state index in [0.29, 0.717) is 13.1 Å². The first-order valence-corrected chi connectivity index (χ1v) is 10.7. The Morgan fingerprint density at radius 3 is 2.47 bits per heavy atom. The highest BCUT2D eigenvalue weighted by molar-refractivity contribution is 6.01. The summed E-state index contributed by atoms with van der Waals surface area (Å²) >= 11 is 0. The van der Waals surface area contributed by atoms with E-state index in [1.165, 1.54) is 5.56 Å². The molecule has 158 valence electrons. The van der Waals surface area contributed by atoms with Gasteiger partial charge in [-0.25, -0.2) is 4.79 Å². The predicted molar refractivity (Wildman–Crippen MR) is 121 cm³/mol. The van der Waals surface area contributed by atoms with Crippen molar-refractivity contribution in [1.82, 2.24) is 4.90 Å². The van der Waals surface area contributed by atoms with E-state index in [9.17, 15) is 4.79 Å². The molecule has 2 atom stereocenters. The van der Waals surface area contributed by atoms with Gasteiger partial charge in [-0.3, -0.25) is 0 Å². The Morgan fingerprint density at radius 1 is 1.13 bits per heavy atom. The number of likely N-dealkylation sites (tertiary alicyclic amines) is 1. The van der Waals surface area contributed by atoms with Gasteiger partial charge in [0.05, 0.1) is 5.71 Å². The maximum Gasteiger partial charge on any atom is 0.321 e. The van der Waals surface area contributed by atoms with Crippen LogP contribution in [0.5, 0.6) is 0 Å². The fourth-order valence-electron chi connectivity index (χ4n) is 4.28. The van der Waals surface area contributed by atoms with Gasteiger partial charge in [-0.1, -0.05) is 75.3 Å². The highest BCUT2D eigenvalue weighted by Crippen LogP contribution is 2.40. The maximum absolute atomic E-state index is 12.8. The van der Waals surface area contributed by atoms with E-state index in [-0.39, 0.29) is 23.0 Å². The Kier molecular flexibility index (Phi) is 5.31. The van der Waals surface area contributed by atoms with Gasteiger partial charge in [0.1, 0.15) is 5.60 Å². The molecule has 1 fully saturated rings. The molecule has 0 saturated carbocycles. The molecule has 2 unspecified atom stereocenters. The number of hydrogen-bond acceptors (Lipinski definition) is 3. The Labute approximate surface area is 179 Å². The van der Waals surface area contributed by atoms with Crippen LogP contribution < -0.4 is 5.32 Å². The maximum atomic E-state index is 12.8. The smallest absolute Gasteiger partial charge is 0.321 e. The summed E-state index contributed by atoms with van der Waals surface area (Å²) in [6, 6.07) is 18.3. The number of nitrogens with zero attached hydrogens (tertiary/aromatic N) is 2. The van der Waals surface area contributed by atoms with Gasteiger partial charge in [0.2, 0.25) is 0 Å². The topological polar surface area (TPSA) is 53.9 Å². The number of hydrogen-bond donors (Lipinski definition) is 1. The van der Waals surface area contributed by atoms with Crippen molar-refractivity contribution >= 4 is 17.4 Å². The zero-order valence-electron chi connectivity index (χ0n) is 18.3. The lowest BCUT2D eigenvalue weighted by Crippen LogP contribution is -2.53. The van der Waals surface area contributed by atoms with Gasteiger partial charge in [-0.05, 0) is 28.7 Å². The highest BCUT2D eigenvalue weighted by atomic mass is 16.7. The lowest BCUT2D eigenvalue weighted by molar-refractivity contribution is -0.0905. The number of carbonyl (C=O) groups excluding carboxylic acids is 1. The van der Waals surface area contributed by atoms with Crippen LogP contribution in [-0.4, -0.2) is 35.3 Å². The number of rotatable bonds is 2. The van der Waals surface area contributed by atoms with Crippen LogP contribution >= 0.6 is 0 Å². The summed E-state index contributed by atoms with van der Waals surface area (Å²) in [4.78, 5) is 20.7. The van der Waals surface area contributed by atoms with Crippen LogP contribution in [-0.2, 0) is 10.3 Å². The second kappa shape index (κ2) is 7.78. The second-order valence-electron chi connectivity index (χ2n) is 9.59. The first kappa shape index (κ1) is 20.5. The number of anilines is 1. The summed E-state index contributed by atoms with van der Waals surface area (Å²) in [6.45, 7) is 10.0. The minimum absolute atomic E-state index is 0.0533. The Hall–Kier alpha value is -2.82. The molecule has 0 aliphatic carbocycles. The van der Waals surface area contributed by atoms with Crippen molar-refractivity contribution in [2.75, 3.05) is 18.4 Å². The molecule has 5 heteroatoms. The molecule has 5 nitrogen and oxygen atoms in total. The van der Waals surface area contributed by atoms with Crippen LogP contribution in [0.4, 0.5) is 10.5 Å². The molecule has 0 bridgehead atoms. The minimum atomic E-state index is -0.309. The molecule has 4 rings (SSSR count). The van der Waals surface area contributed by atoms with E-state index in [4.69, 9.17) is 4.84 Å². The van der Waals surface area contributed by atoms with Crippen LogP contribution in [0.15, 0.2) is 59.8 Å².